The minimum Gasteiger partial charge on any atom is -0.497 e. The van der Waals surface area contributed by atoms with Crippen molar-refractivity contribution in [2.75, 3.05) is 20.2 Å². The number of fused-ring (bicyclic) bond motifs is 3. The van der Waals surface area contributed by atoms with Crippen LogP contribution in [0.25, 0.3) is 10.9 Å². The molecule has 4 heteroatoms. The van der Waals surface area contributed by atoms with E-state index < -0.39 is 0 Å². The zero-order valence-corrected chi connectivity index (χ0v) is 12.9. The largest absolute Gasteiger partial charge is 0.497 e. The van der Waals surface area contributed by atoms with E-state index in [1.807, 2.05) is 0 Å². The van der Waals surface area contributed by atoms with E-state index in [9.17, 15) is 0 Å². The van der Waals surface area contributed by atoms with Gasteiger partial charge in [0.25, 0.3) is 0 Å². The maximum atomic E-state index is 8.61. The average molecular weight is 295 g/mol. The highest BCUT2D eigenvalue weighted by atomic mass is 16.5. The normalized spacial score (nSPS) is 27.0. The van der Waals surface area contributed by atoms with Crippen molar-refractivity contribution in [1.29, 1.82) is 5.41 Å². The van der Waals surface area contributed by atoms with E-state index in [1.165, 1.54) is 48.1 Å². The molecule has 3 aliphatic heterocycles. The van der Waals surface area contributed by atoms with Crippen LogP contribution in [0.15, 0.2) is 18.2 Å². The van der Waals surface area contributed by atoms with Crippen LogP contribution in [-0.4, -0.2) is 35.5 Å². The van der Waals surface area contributed by atoms with Crippen LogP contribution in [0.5, 0.6) is 5.75 Å². The Bertz CT molecular complexity index is 791. The fraction of sp³-hybridized carbons (Fsp3) is 0.500. The van der Waals surface area contributed by atoms with E-state index in [-0.39, 0.29) is 0 Å². The maximum absolute atomic E-state index is 8.61. The summed E-state index contributed by atoms with van der Waals surface area (Å²) >= 11 is 0. The molecule has 114 valence electrons. The molecule has 1 aromatic carbocycles. The van der Waals surface area contributed by atoms with Crippen LogP contribution in [-0.2, 0) is 6.42 Å². The molecule has 1 N–H and O–H groups in total. The lowest BCUT2D eigenvalue weighted by atomic mass is 9.78. The number of nitrogens with zero attached hydrogens (tertiary/aromatic N) is 2. The highest BCUT2D eigenvalue weighted by molar-refractivity contribution is 5.99. The Morgan fingerprint density at radius 3 is 3.05 bits per heavy atom. The number of methoxy groups -OCH3 is 1. The summed E-state index contributed by atoms with van der Waals surface area (Å²) in [6.45, 7) is 2.39. The van der Waals surface area contributed by atoms with Crippen molar-refractivity contribution >= 4 is 16.7 Å². The van der Waals surface area contributed by atoms with Gasteiger partial charge in [0.2, 0.25) is 0 Å². The zero-order valence-electron chi connectivity index (χ0n) is 12.9. The van der Waals surface area contributed by atoms with Gasteiger partial charge in [-0.1, -0.05) is 0 Å². The van der Waals surface area contributed by atoms with Crippen LogP contribution in [0.3, 0.4) is 0 Å². The first-order chi connectivity index (χ1) is 10.8. The van der Waals surface area contributed by atoms with Gasteiger partial charge < -0.3 is 9.30 Å². The number of hydrogen-bond donors (Lipinski definition) is 1. The van der Waals surface area contributed by atoms with Crippen molar-refractivity contribution in [3.05, 3.63) is 29.5 Å². The maximum Gasteiger partial charge on any atom is 0.120 e. The summed E-state index contributed by atoms with van der Waals surface area (Å²) in [5.74, 6) is 2.29. The molecule has 1 saturated heterocycles. The van der Waals surface area contributed by atoms with Crippen LogP contribution in [0.4, 0.5) is 0 Å². The lowest BCUT2D eigenvalue weighted by Crippen LogP contribution is -2.47. The van der Waals surface area contributed by atoms with Crippen LogP contribution in [0.1, 0.15) is 36.6 Å². The lowest BCUT2D eigenvalue weighted by Gasteiger charge is -2.47. The first-order valence-corrected chi connectivity index (χ1v) is 8.31. The second-order valence-electron chi connectivity index (χ2n) is 6.87. The second kappa shape index (κ2) is 4.35. The first kappa shape index (κ1) is 12.7. The van der Waals surface area contributed by atoms with Crippen molar-refractivity contribution in [3.63, 3.8) is 0 Å². The van der Waals surface area contributed by atoms with Crippen LogP contribution >= 0.6 is 0 Å². The number of ether oxygens (including phenoxy) is 1. The van der Waals surface area contributed by atoms with Gasteiger partial charge >= 0.3 is 0 Å². The number of benzene rings is 1. The number of piperidine rings is 1. The molecule has 0 spiro atoms. The van der Waals surface area contributed by atoms with Gasteiger partial charge in [0, 0.05) is 30.1 Å². The number of aromatic nitrogens is 1. The quantitative estimate of drug-likeness (QED) is 0.878. The molecule has 3 aliphatic rings. The number of nitrogens with one attached hydrogen (secondary N) is 1. The summed E-state index contributed by atoms with van der Waals surface area (Å²) in [5, 5.41) is 9.94. The Hall–Kier alpha value is -1.81. The highest BCUT2D eigenvalue weighted by Gasteiger charge is 2.43. The molecule has 1 fully saturated rings. The van der Waals surface area contributed by atoms with E-state index in [2.05, 4.69) is 27.7 Å². The Morgan fingerprint density at radius 1 is 1.27 bits per heavy atom. The smallest absolute Gasteiger partial charge is 0.120 e. The van der Waals surface area contributed by atoms with Gasteiger partial charge in [-0.25, -0.2) is 0 Å². The SMILES string of the molecule is COc1ccc2c3c4n(c2c1)C(=N)C[C@@H]1CCCN(CC3)[C@H]41. The van der Waals surface area contributed by atoms with Crippen molar-refractivity contribution in [1.82, 2.24) is 9.47 Å². The van der Waals surface area contributed by atoms with Gasteiger partial charge in [0.05, 0.1) is 18.7 Å². The highest BCUT2D eigenvalue weighted by Crippen LogP contribution is 2.48. The molecule has 1 aromatic heterocycles. The van der Waals surface area contributed by atoms with Crippen molar-refractivity contribution < 1.29 is 4.74 Å². The summed E-state index contributed by atoms with van der Waals surface area (Å²) in [5.41, 5.74) is 4.06. The fourth-order valence-electron chi connectivity index (χ4n) is 4.95. The number of hydrogen-bond acceptors (Lipinski definition) is 3. The summed E-state index contributed by atoms with van der Waals surface area (Å²) in [4.78, 5) is 2.66. The van der Waals surface area contributed by atoms with Crippen molar-refractivity contribution in [3.8, 4) is 5.75 Å². The molecular formula is C18H21N3O. The third-order valence-electron chi connectivity index (χ3n) is 5.84. The Labute approximate surface area is 130 Å². The van der Waals surface area contributed by atoms with E-state index >= 15 is 0 Å². The molecule has 2 aromatic rings. The standard InChI is InChI=1S/C18H21N3O/c1-22-12-4-5-13-14-6-8-20-7-2-3-11-9-16(19)21(15(13)10-12)18(14)17(11)20/h4-5,10-11,17,19H,2-3,6-9H2,1H3/t11-,17-/m0/s1. The molecule has 0 amide bonds. The Morgan fingerprint density at radius 2 is 2.18 bits per heavy atom. The topological polar surface area (TPSA) is 41.3 Å². The molecule has 2 atom stereocenters. The van der Waals surface area contributed by atoms with Gasteiger partial charge in [-0.05, 0) is 49.4 Å². The lowest BCUT2D eigenvalue weighted by molar-refractivity contribution is 0.0771. The molecule has 0 saturated carbocycles. The van der Waals surface area contributed by atoms with Crippen LogP contribution < -0.4 is 4.74 Å². The van der Waals surface area contributed by atoms with Gasteiger partial charge in [-0.3, -0.25) is 10.3 Å². The van der Waals surface area contributed by atoms with Gasteiger partial charge in [-0.2, -0.15) is 0 Å². The molecule has 5 rings (SSSR count). The van der Waals surface area contributed by atoms with Crippen molar-refractivity contribution in [2.45, 2.75) is 31.7 Å². The molecule has 22 heavy (non-hydrogen) atoms. The molecule has 0 aliphatic carbocycles. The monoisotopic (exact) mass is 295 g/mol. The van der Waals surface area contributed by atoms with E-state index in [4.69, 9.17) is 10.1 Å². The summed E-state index contributed by atoms with van der Waals surface area (Å²) in [7, 11) is 1.71. The second-order valence-corrected chi connectivity index (χ2v) is 6.87. The van der Waals surface area contributed by atoms with E-state index in [1.54, 1.807) is 7.11 Å². The third kappa shape index (κ3) is 1.48. The molecule has 4 heterocycles. The molecular weight excluding hydrogens is 274 g/mol. The van der Waals surface area contributed by atoms with Crippen molar-refractivity contribution in [2.24, 2.45) is 5.92 Å². The summed E-state index contributed by atoms with van der Waals surface area (Å²) in [6.07, 6.45) is 4.59. The first-order valence-electron chi connectivity index (χ1n) is 8.31. The van der Waals surface area contributed by atoms with Gasteiger partial charge in [0.15, 0.2) is 0 Å². The van der Waals surface area contributed by atoms with Crippen LogP contribution in [0.2, 0.25) is 0 Å². The molecule has 0 unspecified atom stereocenters. The molecule has 0 bridgehead atoms. The zero-order chi connectivity index (χ0) is 14.8. The summed E-state index contributed by atoms with van der Waals surface area (Å²) < 4.78 is 7.64. The fourth-order valence-corrected chi connectivity index (χ4v) is 4.95. The third-order valence-corrected chi connectivity index (χ3v) is 5.84. The average Bonchev–Trinajstić information content (AvgIpc) is 2.88. The van der Waals surface area contributed by atoms with Gasteiger partial charge in [0.1, 0.15) is 11.6 Å². The minimum absolute atomic E-state index is 0.532. The minimum atomic E-state index is 0.532. The predicted molar refractivity (Wildman–Crippen MR) is 87.0 cm³/mol. The summed E-state index contributed by atoms with van der Waals surface area (Å²) in [6, 6.07) is 6.88. The molecule has 0 radical (unpaired) electrons. The Kier molecular flexibility index (Phi) is 2.51. The Balaban J connectivity index is 1.83. The van der Waals surface area contributed by atoms with E-state index in [0.717, 1.165) is 24.4 Å². The predicted octanol–water partition coefficient (Wildman–Crippen LogP) is 3.19. The van der Waals surface area contributed by atoms with E-state index in [0.29, 0.717) is 12.0 Å². The van der Waals surface area contributed by atoms with Crippen LogP contribution in [0, 0.1) is 11.3 Å². The number of rotatable bonds is 1. The molecule has 4 nitrogen and oxygen atoms in total. The van der Waals surface area contributed by atoms with Gasteiger partial charge in [-0.15, -0.1) is 0 Å².